The van der Waals surface area contributed by atoms with Crippen LogP contribution in [0.5, 0.6) is 5.75 Å². The van der Waals surface area contributed by atoms with E-state index < -0.39 is 48.4 Å². The van der Waals surface area contributed by atoms with Crippen LogP contribution in [0.25, 0.3) is 0 Å². The first-order valence-corrected chi connectivity index (χ1v) is 11.0. The SMILES string of the molecule is NC(N)=NCCCC(NC(=O)C(N)Cc1ccc(O)cc1)C(=O)NCC(=O)NC(CS)C(=O)O. The molecule has 0 saturated carbocycles. The Labute approximate surface area is 201 Å². The molecule has 11 N–H and O–H groups in total. The van der Waals surface area contributed by atoms with Gasteiger partial charge in [-0.1, -0.05) is 12.1 Å². The molecule has 0 aromatic heterocycles. The van der Waals surface area contributed by atoms with Crippen LogP contribution in [0, 0.1) is 0 Å². The number of aliphatic imine (C=N–C) groups is 1. The molecule has 1 aromatic rings. The minimum Gasteiger partial charge on any atom is -0.508 e. The van der Waals surface area contributed by atoms with E-state index in [1.807, 2.05) is 0 Å². The number of amides is 3. The van der Waals surface area contributed by atoms with E-state index in [-0.39, 0.29) is 36.8 Å². The average molecular weight is 498 g/mol. The van der Waals surface area contributed by atoms with Crippen molar-refractivity contribution in [2.45, 2.75) is 37.4 Å². The van der Waals surface area contributed by atoms with Gasteiger partial charge in [0.05, 0.1) is 12.6 Å². The molecule has 1 aromatic carbocycles. The smallest absolute Gasteiger partial charge is 0.327 e. The standard InChI is InChI=1S/C20H31N7O6S/c21-13(8-11-3-5-12(28)6-4-11)17(30)27-14(2-1-7-24-20(22)23)18(31)25-9-16(29)26-15(10-34)19(32)33/h3-6,13-15,28,34H,1-2,7-10,21H2,(H,25,31)(H,26,29)(H,27,30)(H,32,33)(H4,22,23,24). The van der Waals surface area contributed by atoms with Crippen molar-refractivity contribution in [1.82, 2.24) is 16.0 Å². The van der Waals surface area contributed by atoms with E-state index in [0.717, 1.165) is 0 Å². The number of phenols is 1. The predicted octanol–water partition coefficient (Wildman–Crippen LogP) is -2.58. The van der Waals surface area contributed by atoms with Gasteiger partial charge >= 0.3 is 5.97 Å². The number of hydrogen-bond acceptors (Lipinski definition) is 8. The topological polar surface area (TPSA) is 235 Å². The van der Waals surface area contributed by atoms with E-state index in [0.29, 0.717) is 12.0 Å². The molecular formula is C20H31N7O6S. The van der Waals surface area contributed by atoms with Gasteiger partial charge in [-0.3, -0.25) is 19.4 Å². The van der Waals surface area contributed by atoms with E-state index in [1.165, 1.54) is 12.1 Å². The highest BCUT2D eigenvalue weighted by atomic mass is 32.1. The van der Waals surface area contributed by atoms with E-state index in [4.69, 9.17) is 22.3 Å². The lowest BCUT2D eigenvalue weighted by Gasteiger charge is -2.21. The number of nitrogens with zero attached hydrogens (tertiary/aromatic N) is 1. The minimum absolute atomic E-state index is 0.0763. The van der Waals surface area contributed by atoms with Crippen LogP contribution in [0.2, 0.25) is 0 Å². The third kappa shape index (κ3) is 10.9. The molecule has 14 heteroatoms. The van der Waals surface area contributed by atoms with Crippen LogP contribution < -0.4 is 33.2 Å². The van der Waals surface area contributed by atoms with Gasteiger partial charge in [-0.25, -0.2) is 4.79 Å². The third-order valence-corrected chi connectivity index (χ3v) is 4.91. The molecule has 0 spiro atoms. The van der Waals surface area contributed by atoms with Crippen LogP contribution in [0.1, 0.15) is 18.4 Å². The first-order chi connectivity index (χ1) is 16.0. The number of hydrogen-bond donors (Lipinski definition) is 9. The second kappa shape index (κ2) is 14.6. The Morgan fingerprint density at radius 1 is 1.03 bits per heavy atom. The summed E-state index contributed by atoms with van der Waals surface area (Å²) in [6, 6.07) is 2.95. The van der Waals surface area contributed by atoms with Crippen LogP contribution >= 0.6 is 12.6 Å². The summed E-state index contributed by atoms with van der Waals surface area (Å²) in [5.74, 6) is -3.42. The van der Waals surface area contributed by atoms with Gasteiger partial charge in [-0.15, -0.1) is 0 Å². The summed E-state index contributed by atoms with van der Waals surface area (Å²) >= 11 is 3.85. The Hall–Kier alpha value is -3.52. The summed E-state index contributed by atoms with van der Waals surface area (Å²) in [7, 11) is 0. The fraction of sp³-hybridized carbons (Fsp3) is 0.450. The molecule has 3 atom stereocenters. The number of carbonyl (C=O) groups excluding carboxylic acids is 3. The van der Waals surface area contributed by atoms with E-state index in [9.17, 15) is 24.3 Å². The average Bonchev–Trinajstić information content (AvgIpc) is 2.78. The fourth-order valence-electron chi connectivity index (χ4n) is 2.75. The molecule has 0 saturated heterocycles. The molecule has 0 aliphatic rings. The zero-order valence-corrected chi connectivity index (χ0v) is 19.3. The van der Waals surface area contributed by atoms with Gasteiger partial charge in [-0.05, 0) is 37.0 Å². The molecule has 0 radical (unpaired) electrons. The zero-order chi connectivity index (χ0) is 25.7. The van der Waals surface area contributed by atoms with Crippen molar-refractivity contribution in [1.29, 1.82) is 0 Å². The lowest BCUT2D eigenvalue weighted by Crippen LogP contribution is -2.54. The number of carboxylic acid groups (broad SMARTS) is 1. The van der Waals surface area contributed by atoms with Crippen molar-refractivity contribution in [3.8, 4) is 5.75 Å². The number of aromatic hydroxyl groups is 1. The summed E-state index contributed by atoms with van der Waals surface area (Å²) in [5.41, 5.74) is 17.2. The summed E-state index contributed by atoms with van der Waals surface area (Å²) in [5, 5.41) is 25.5. The Morgan fingerprint density at radius 2 is 1.68 bits per heavy atom. The van der Waals surface area contributed by atoms with Gasteiger partial charge in [-0.2, -0.15) is 12.6 Å². The molecule has 34 heavy (non-hydrogen) atoms. The third-order valence-electron chi connectivity index (χ3n) is 4.55. The minimum atomic E-state index is -1.26. The number of carbonyl (C=O) groups is 4. The molecule has 0 heterocycles. The number of guanidine groups is 1. The molecule has 1 rings (SSSR count). The molecule has 0 aliphatic carbocycles. The normalized spacial score (nSPS) is 13.1. The van der Waals surface area contributed by atoms with Crippen molar-refractivity contribution in [3.63, 3.8) is 0 Å². The Bertz CT molecular complexity index is 877. The number of benzene rings is 1. The van der Waals surface area contributed by atoms with Crippen molar-refractivity contribution < 1.29 is 29.4 Å². The molecule has 0 fully saturated rings. The van der Waals surface area contributed by atoms with Gasteiger partial charge in [0.15, 0.2) is 5.96 Å². The summed E-state index contributed by atoms with van der Waals surface area (Å²) in [4.78, 5) is 52.0. The molecule has 3 unspecified atom stereocenters. The molecule has 0 bridgehead atoms. The van der Waals surface area contributed by atoms with Crippen LogP contribution in [-0.4, -0.2) is 76.8 Å². The highest BCUT2D eigenvalue weighted by Gasteiger charge is 2.25. The van der Waals surface area contributed by atoms with Gasteiger partial charge in [0.25, 0.3) is 0 Å². The first kappa shape index (κ1) is 28.5. The lowest BCUT2D eigenvalue weighted by atomic mass is 10.0. The van der Waals surface area contributed by atoms with Crippen LogP contribution in [0.4, 0.5) is 0 Å². The Morgan fingerprint density at radius 3 is 2.24 bits per heavy atom. The maximum Gasteiger partial charge on any atom is 0.327 e. The van der Waals surface area contributed by atoms with E-state index in [1.54, 1.807) is 12.1 Å². The zero-order valence-electron chi connectivity index (χ0n) is 18.4. The molecule has 13 nitrogen and oxygen atoms in total. The maximum absolute atomic E-state index is 12.6. The van der Waals surface area contributed by atoms with Gasteiger partial charge in [0.2, 0.25) is 17.7 Å². The highest BCUT2D eigenvalue weighted by molar-refractivity contribution is 7.80. The fourth-order valence-corrected chi connectivity index (χ4v) is 3.00. The number of thiol groups is 1. The van der Waals surface area contributed by atoms with E-state index >= 15 is 0 Å². The van der Waals surface area contributed by atoms with Crippen molar-refractivity contribution >= 4 is 42.3 Å². The number of carboxylic acids is 1. The molecular weight excluding hydrogens is 466 g/mol. The molecule has 188 valence electrons. The lowest BCUT2D eigenvalue weighted by molar-refractivity contribution is -0.141. The summed E-state index contributed by atoms with van der Waals surface area (Å²) in [6.07, 6.45) is 0.657. The number of nitrogens with two attached hydrogens (primary N) is 3. The largest absolute Gasteiger partial charge is 0.508 e. The number of phenolic OH excluding ortho intramolecular Hbond substituents is 1. The molecule has 0 aliphatic heterocycles. The van der Waals surface area contributed by atoms with Crippen molar-refractivity contribution in [2.75, 3.05) is 18.8 Å². The highest BCUT2D eigenvalue weighted by Crippen LogP contribution is 2.11. The van der Waals surface area contributed by atoms with Crippen molar-refractivity contribution in [2.24, 2.45) is 22.2 Å². The first-order valence-electron chi connectivity index (χ1n) is 10.3. The number of rotatable bonds is 14. The van der Waals surface area contributed by atoms with Gasteiger partial charge in [0.1, 0.15) is 17.8 Å². The predicted molar refractivity (Wildman–Crippen MR) is 128 cm³/mol. The number of nitrogens with one attached hydrogen (secondary N) is 3. The Kier molecular flexibility index (Phi) is 12.2. The van der Waals surface area contributed by atoms with Crippen LogP contribution in [0.15, 0.2) is 29.3 Å². The summed E-state index contributed by atoms with van der Waals surface area (Å²) < 4.78 is 0. The monoisotopic (exact) mass is 497 g/mol. The van der Waals surface area contributed by atoms with E-state index in [2.05, 4.69) is 33.6 Å². The number of aliphatic carboxylic acids is 1. The molecule has 3 amide bonds. The summed E-state index contributed by atoms with van der Waals surface area (Å²) in [6.45, 7) is -0.291. The second-order valence-electron chi connectivity index (χ2n) is 7.35. The van der Waals surface area contributed by atoms with Crippen LogP contribution in [-0.2, 0) is 25.6 Å². The quantitative estimate of drug-likeness (QED) is 0.0567. The van der Waals surface area contributed by atoms with Crippen molar-refractivity contribution in [3.05, 3.63) is 29.8 Å². The van der Waals surface area contributed by atoms with Gasteiger partial charge in [0, 0.05) is 12.3 Å². The van der Waals surface area contributed by atoms with Crippen LogP contribution in [0.3, 0.4) is 0 Å². The maximum atomic E-state index is 12.6. The Balaban J connectivity index is 2.74. The second-order valence-corrected chi connectivity index (χ2v) is 7.71. The van der Waals surface area contributed by atoms with Gasteiger partial charge < -0.3 is 43.4 Å².